The van der Waals surface area contributed by atoms with Gasteiger partial charge in [-0.1, -0.05) is 34.6 Å². The second kappa shape index (κ2) is 3.99. The third-order valence-corrected chi connectivity index (χ3v) is 5.38. The molecule has 0 aromatic heterocycles. The Hall–Kier alpha value is -0.550. The SMILES string of the molecule is CC1C2SC(N)=NC(c3cc(Br)ccc3F)C12. The number of rotatable bonds is 1. The Balaban J connectivity index is 2.03. The lowest BCUT2D eigenvalue weighted by molar-refractivity contribution is 0.538. The molecule has 1 aromatic carbocycles. The van der Waals surface area contributed by atoms with E-state index in [0.717, 1.165) is 4.47 Å². The highest BCUT2D eigenvalue weighted by Gasteiger charge is 2.55. The average molecular weight is 315 g/mol. The topological polar surface area (TPSA) is 38.4 Å². The van der Waals surface area contributed by atoms with Crippen LogP contribution in [0.5, 0.6) is 0 Å². The van der Waals surface area contributed by atoms with Crippen LogP contribution in [0.2, 0.25) is 0 Å². The summed E-state index contributed by atoms with van der Waals surface area (Å²) in [5.74, 6) is 0.795. The first kappa shape index (κ1) is 11.5. The zero-order valence-electron chi connectivity index (χ0n) is 9.23. The third-order valence-electron chi connectivity index (χ3n) is 3.53. The summed E-state index contributed by atoms with van der Waals surface area (Å²) in [5.41, 5.74) is 6.46. The van der Waals surface area contributed by atoms with Crippen molar-refractivity contribution in [2.24, 2.45) is 22.6 Å². The van der Waals surface area contributed by atoms with Crippen LogP contribution in [0, 0.1) is 17.7 Å². The van der Waals surface area contributed by atoms with Crippen LogP contribution < -0.4 is 5.73 Å². The van der Waals surface area contributed by atoms with Gasteiger partial charge < -0.3 is 5.73 Å². The van der Waals surface area contributed by atoms with Crippen molar-refractivity contribution in [3.63, 3.8) is 0 Å². The van der Waals surface area contributed by atoms with Crippen molar-refractivity contribution in [3.05, 3.63) is 34.1 Å². The van der Waals surface area contributed by atoms with E-state index in [2.05, 4.69) is 27.8 Å². The van der Waals surface area contributed by atoms with E-state index < -0.39 is 0 Å². The van der Waals surface area contributed by atoms with Gasteiger partial charge in [0.1, 0.15) is 5.82 Å². The predicted molar refractivity (Wildman–Crippen MR) is 72.5 cm³/mol. The smallest absolute Gasteiger partial charge is 0.154 e. The van der Waals surface area contributed by atoms with Crippen molar-refractivity contribution in [2.45, 2.75) is 18.2 Å². The predicted octanol–water partition coefficient (Wildman–Crippen LogP) is 3.33. The number of nitrogens with zero attached hydrogens (tertiary/aromatic N) is 1. The van der Waals surface area contributed by atoms with Crippen molar-refractivity contribution in [2.75, 3.05) is 0 Å². The summed E-state index contributed by atoms with van der Waals surface area (Å²) >= 11 is 5.00. The Morgan fingerprint density at radius 3 is 3.00 bits per heavy atom. The number of benzene rings is 1. The second-order valence-electron chi connectivity index (χ2n) is 4.60. The number of hydrogen-bond acceptors (Lipinski definition) is 3. The molecule has 2 N–H and O–H groups in total. The van der Waals surface area contributed by atoms with Crippen molar-refractivity contribution >= 4 is 32.9 Å². The molecule has 2 nitrogen and oxygen atoms in total. The molecular weight excluding hydrogens is 303 g/mol. The molecule has 0 bridgehead atoms. The summed E-state index contributed by atoms with van der Waals surface area (Å²) in [6.07, 6.45) is 0. The van der Waals surface area contributed by atoms with Crippen molar-refractivity contribution < 1.29 is 4.39 Å². The molecule has 1 aliphatic carbocycles. The van der Waals surface area contributed by atoms with Crippen LogP contribution in [0.1, 0.15) is 18.5 Å². The maximum atomic E-state index is 13.9. The highest BCUT2D eigenvalue weighted by Crippen LogP contribution is 2.58. The molecular formula is C12H12BrFN2S. The molecule has 0 radical (unpaired) electrons. The van der Waals surface area contributed by atoms with E-state index in [-0.39, 0.29) is 11.9 Å². The van der Waals surface area contributed by atoms with Gasteiger partial charge in [-0.15, -0.1) is 0 Å². The van der Waals surface area contributed by atoms with E-state index in [9.17, 15) is 4.39 Å². The number of fused-ring (bicyclic) bond motifs is 1. The Morgan fingerprint density at radius 1 is 1.47 bits per heavy atom. The Morgan fingerprint density at radius 2 is 2.24 bits per heavy atom. The van der Waals surface area contributed by atoms with Gasteiger partial charge in [-0.05, 0) is 24.1 Å². The van der Waals surface area contributed by atoms with E-state index in [4.69, 9.17) is 5.73 Å². The van der Waals surface area contributed by atoms with Gasteiger partial charge in [0.05, 0.1) is 6.04 Å². The lowest BCUT2D eigenvalue weighted by Gasteiger charge is -2.18. The first-order chi connectivity index (χ1) is 8.08. The fourth-order valence-electron chi connectivity index (χ4n) is 2.52. The molecule has 0 amide bonds. The first-order valence-corrected chi connectivity index (χ1v) is 7.20. The van der Waals surface area contributed by atoms with Gasteiger partial charge in [0.15, 0.2) is 5.17 Å². The second-order valence-corrected chi connectivity index (χ2v) is 6.71. The molecule has 5 heteroatoms. The van der Waals surface area contributed by atoms with E-state index >= 15 is 0 Å². The van der Waals surface area contributed by atoms with E-state index in [1.807, 2.05) is 6.07 Å². The number of halogens is 2. The fraction of sp³-hybridized carbons (Fsp3) is 0.417. The average Bonchev–Trinajstić information content (AvgIpc) is 2.92. The van der Waals surface area contributed by atoms with Gasteiger partial charge in [0.25, 0.3) is 0 Å². The minimum Gasteiger partial charge on any atom is -0.379 e. The molecule has 1 aliphatic heterocycles. The highest BCUT2D eigenvalue weighted by atomic mass is 79.9. The maximum Gasteiger partial charge on any atom is 0.154 e. The van der Waals surface area contributed by atoms with Crippen molar-refractivity contribution in [1.29, 1.82) is 0 Å². The summed E-state index contributed by atoms with van der Waals surface area (Å²) in [6, 6.07) is 4.88. The normalized spacial score (nSPS) is 35.1. The Kier molecular flexibility index (Phi) is 2.70. The molecule has 1 heterocycles. The van der Waals surface area contributed by atoms with Crippen LogP contribution in [0.4, 0.5) is 4.39 Å². The van der Waals surface area contributed by atoms with Gasteiger partial charge in [-0.25, -0.2) is 4.39 Å². The maximum absolute atomic E-state index is 13.9. The standard InChI is InChI=1S/C12H12BrFN2S/c1-5-9-10(16-12(15)17-11(5)9)7-4-6(13)2-3-8(7)14/h2-5,9-11H,1H3,(H2,15,16). The molecule has 90 valence electrons. The molecule has 0 spiro atoms. The number of hydrogen-bond donors (Lipinski definition) is 1. The third kappa shape index (κ3) is 1.89. The fourth-order valence-corrected chi connectivity index (χ4v) is 4.21. The van der Waals surface area contributed by atoms with Crippen molar-refractivity contribution in [3.8, 4) is 0 Å². The minimum atomic E-state index is -0.195. The summed E-state index contributed by atoms with van der Waals surface area (Å²) in [5, 5.41) is 1.09. The molecule has 4 atom stereocenters. The molecule has 17 heavy (non-hydrogen) atoms. The van der Waals surface area contributed by atoms with E-state index in [1.165, 1.54) is 6.07 Å². The largest absolute Gasteiger partial charge is 0.379 e. The molecule has 4 unspecified atom stereocenters. The number of amidine groups is 1. The van der Waals surface area contributed by atoms with Gasteiger partial charge in [0, 0.05) is 21.2 Å². The first-order valence-electron chi connectivity index (χ1n) is 5.53. The van der Waals surface area contributed by atoms with E-state index in [1.54, 1.807) is 17.8 Å². The number of nitrogens with two attached hydrogens (primary N) is 1. The Labute approximate surface area is 112 Å². The Bertz CT molecular complexity index is 505. The summed E-state index contributed by atoms with van der Waals surface area (Å²) in [6.45, 7) is 2.18. The molecule has 1 aromatic rings. The lowest BCUT2D eigenvalue weighted by Crippen LogP contribution is -2.17. The summed E-state index contributed by atoms with van der Waals surface area (Å²) in [4.78, 5) is 4.42. The molecule has 3 rings (SSSR count). The zero-order valence-corrected chi connectivity index (χ0v) is 11.6. The molecule has 1 saturated carbocycles. The van der Waals surface area contributed by atoms with Gasteiger partial charge >= 0.3 is 0 Å². The zero-order chi connectivity index (χ0) is 12.2. The molecule has 2 aliphatic rings. The van der Waals surface area contributed by atoms with E-state index in [0.29, 0.717) is 27.8 Å². The lowest BCUT2D eigenvalue weighted by atomic mass is 10.0. The van der Waals surface area contributed by atoms with Crippen LogP contribution in [0.25, 0.3) is 0 Å². The summed E-state index contributed by atoms with van der Waals surface area (Å²) < 4.78 is 14.7. The molecule has 1 fully saturated rings. The van der Waals surface area contributed by atoms with Crippen molar-refractivity contribution in [1.82, 2.24) is 0 Å². The van der Waals surface area contributed by atoms with Gasteiger partial charge in [-0.2, -0.15) is 0 Å². The van der Waals surface area contributed by atoms with Crippen LogP contribution in [-0.2, 0) is 0 Å². The van der Waals surface area contributed by atoms with Crippen LogP contribution in [-0.4, -0.2) is 10.4 Å². The molecule has 0 saturated heterocycles. The number of thioether (sulfide) groups is 1. The minimum absolute atomic E-state index is 0.117. The quantitative estimate of drug-likeness (QED) is 0.863. The monoisotopic (exact) mass is 314 g/mol. The number of aliphatic imine (C=N–C) groups is 1. The highest BCUT2D eigenvalue weighted by molar-refractivity contribution is 9.10. The van der Waals surface area contributed by atoms with Crippen LogP contribution >= 0.6 is 27.7 Å². The van der Waals surface area contributed by atoms with Gasteiger partial charge in [0.2, 0.25) is 0 Å². The van der Waals surface area contributed by atoms with Crippen LogP contribution in [0.3, 0.4) is 0 Å². The summed E-state index contributed by atoms with van der Waals surface area (Å²) in [7, 11) is 0. The van der Waals surface area contributed by atoms with Crippen LogP contribution in [0.15, 0.2) is 27.7 Å². The van der Waals surface area contributed by atoms with Gasteiger partial charge in [-0.3, -0.25) is 4.99 Å².